The van der Waals surface area contributed by atoms with E-state index in [0.29, 0.717) is 23.7 Å². The van der Waals surface area contributed by atoms with Crippen LogP contribution in [-0.4, -0.2) is 53.4 Å². The number of aliphatic hydroxyl groups excluding tert-OH is 1. The summed E-state index contributed by atoms with van der Waals surface area (Å²) < 4.78 is 5.69. The molecule has 0 aliphatic carbocycles. The summed E-state index contributed by atoms with van der Waals surface area (Å²) in [7, 11) is 1.36. The number of hydrogen-bond donors (Lipinski definition) is 2. The second kappa shape index (κ2) is 10.3. The molecule has 3 rings (SSSR count). The summed E-state index contributed by atoms with van der Waals surface area (Å²) in [6.45, 7) is 3.83. The van der Waals surface area contributed by atoms with Crippen molar-refractivity contribution in [1.82, 2.24) is 10.3 Å². The summed E-state index contributed by atoms with van der Waals surface area (Å²) in [6.07, 6.45) is 3.01. The van der Waals surface area contributed by atoms with E-state index in [0.717, 1.165) is 15.7 Å². The number of hydrogen-bond acceptors (Lipinski definition) is 7. The number of aliphatic hydroxyl groups is 1. The van der Waals surface area contributed by atoms with E-state index < -0.39 is 12.1 Å². The summed E-state index contributed by atoms with van der Waals surface area (Å²) in [5, 5.41) is 13.1. The van der Waals surface area contributed by atoms with E-state index in [1.54, 1.807) is 6.20 Å². The van der Waals surface area contributed by atoms with Gasteiger partial charge in [-0.15, -0.1) is 6.58 Å². The molecule has 1 aliphatic rings. The first-order valence-corrected chi connectivity index (χ1v) is 10.3. The Morgan fingerprint density at radius 2 is 2.23 bits per heavy atom. The summed E-state index contributed by atoms with van der Waals surface area (Å²) >= 11 is 3.52. The maximum Gasteiger partial charge on any atom is 0.305 e. The number of esters is 1. The van der Waals surface area contributed by atoms with Gasteiger partial charge in [-0.25, -0.2) is 4.99 Å². The molecule has 2 N–H and O–H groups in total. The molecule has 7 nitrogen and oxygen atoms in total. The number of carbonyl (C=O) groups excluding carboxylic acids is 1. The molecule has 2 atom stereocenters. The SMILES string of the molecule is C=CC(O)CNC1=Nc2ccc(Br)cc2C(c2ccccn2)=N[C@H]1CCC(=O)OC. The minimum atomic E-state index is -0.735. The van der Waals surface area contributed by atoms with Crippen molar-refractivity contribution in [2.45, 2.75) is 25.0 Å². The normalized spacial score (nSPS) is 16.4. The summed E-state index contributed by atoms with van der Waals surface area (Å²) in [4.78, 5) is 26.0. The molecule has 1 aromatic heterocycles. The van der Waals surface area contributed by atoms with Crippen LogP contribution >= 0.6 is 15.9 Å². The number of ether oxygens (including phenoxy) is 1. The lowest BCUT2D eigenvalue weighted by Gasteiger charge is -2.17. The molecular formula is C22H23BrN4O3. The Morgan fingerprint density at radius 1 is 1.40 bits per heavy atom. The smallest absolute Gasteiger partial charge is 0.305 e. The number of pyridine rings is 1. The first kappa shape index (κ1) is 21.9. The number of halogens is 1. The van der Waals surface area contributed by atoms with Crippen molar-refractivity contribution in [3.05, 3.63) is 71.0 Å². The van der Waals surface area contributed by atoms with Gasteiger partial charge in [0.05, 0.1) is 30.3 Å². The largest absolute Gasteiger partial charge is 0.469 e. The predicted molar refractivity (Wildman–Crippen MR) is 120 cm³/mol. The fourth-order valence-corrected chi connectivity index (χ4v) is 3.36. The number of nitrogens with zero attached hydrogens (tertiary/aromatic N) is 3. The number of rotatable bonds is 7. The minimum Gasteiger partial charge on any atom is -0.469 e. The van der Waals surface area contributed by atoms with Crippen molar-refractivity contribution < 1.29 is 14.6 Å². The van der Waals surface area contributed by atoms with Gasteiger partial charge >= 0.3 is 5.97 Å². The molecule has 1 aromatic carbocycles. The minimum absolute atomic E-state index is 0.185. The highest BCUT2D eigenvalue weighted by Gasteiger charge is 2.25. The fraction of sp³-hybridized carbons (Fsp3) is 0.273. The number of benzene rings is 1. The van der Waals surface area contributed by atoms with Crippen LogP contribution in [0.5, 0.6) is 0 Å². The molecule has 0 fully saturated rings. The molecule has 156 valence electrons. The van der Waals surface area contributed by atoms with Crippen LogP contribution in [0.1, 0.15) is 24.1 Å². The van der Waals surface area contributed by atoms with Gasteiger partial charge in [0.1, 0.15) is 11.9 Å². The van der Waals surface area contributed by atoms with Crippen LogP contribution in [0, 0.1) is 0 Å². The Morgan fingerprint density at radius 3 is 2.93 bits per heavy atom. The second-order valence-electron chi connectivity index (χ2n) is 6.67. The van der Waals surface area contributed by atoms with Crippen LogP contribution in [0.4, 0.5) is 5.69 Å². The second-order valence-corrected chi connectivity index (χ2v) is 7.58. The quantitative estimate of drug-likeness (QED) is 0.478. The van der Waals surface area contributed by atoms with Gasteiger partial charge < -0.3 is 15.2 Å². The molecule has 0 saturated carbocycles. The van der Waals surface area contributed by atoms with Crippen molar-refractivity contribution in [2.24, 2.45) is 9.98 Å². The molecule has 0 spiro atoms. The number of carbonyl (C=O) groups is 1. The van der Waals surface area contributed by atoms with Crippen LogP contribution in [0.25, 0.3) is 0 Å². The highest BCUT2D eigenvalue weighted by atomic mass is 79.9. The molecular weight excluding hydrogens is 448 g/mol. The highest BCUT2D eigenvalue weighted by Crippen LogP contribution is 2.30. The fourth-order valence-electron chi connectivity index (χ4n) is 3.00. The van der Waals surface area contributed by atoms with E-state index in [1.807, 2.05) is 36.4 Å². The Hall–Kier alpha value is -2.84. The number of amidine groups is 1. The molecule has 1 unspecified atom stereocenters. The van der Waals surface area contributed by atoms with Crippen molar-refractivity contribution in [2.75, 3.05) is 13.7 Å². The Kier molecular flexibility index (Phi) is 7.48. The van der Waals surface area contributed by atoms with Crippen LogP contribution in [-0.2, 0) is 9.53 Å². The van der Waals surface area contributed by atoms with Crippen molar-refractivity contribution in [3.63, 3.8) is 0 Å². The van der Waals surface area contributed by atoms with Crippen LogP contribution in [0.2, 0.25) is 0 Å². The van der Waals surface area contributed by atoms with Gasteiger partial charge in [0, 0.05) is 29.2 Å². The topological polar surface area (TPSA) is 96.2 Å². The molecule has 2 heterocycles. The zero-order valence-corrected chi connectivity index (χ0v) is 18.2. The Labute approximate surface area is 183 Å². The molecule has 30 heavy (non-hydrogen) atoms. The van der Waals surface area contributed by atoms with Gasteiger partial charge in [-0.05, 0) is 36.8 Å². The number of nitrogens with one attached hydrogen (secondary N) is 1. The predicted octanol–water partition coefficient (Wildman–Crippen LogP) is 3.18. The molecule has 0 saturated heterocycles. The van der Waals surface area contributed by atoms with Crippen molar-refractivity contribution in [3.8, 4) is 0 Å². The average Bonchev–Trinajstić information content (AvgIpc) is 2.92. The zero-order valence-electron chi connectivity index (χ0n) is 16.6. The van der Waals surface area contributed by atoms with Crippen LogP contribution in [0.15, 0.2) is 69.7 Å². The van der Waals surface area contributed by atoms with Gasteiger partial charge in [-0.3, -0.25) is 14.8 Å². The Balaban J connectivity index is 2.08. The lowest BCUT2D eigenvalue weighted by Crippen LogP contribution is -2.38. The Bertz CT molecular complexity index is 976. The summed E-state index contributed by atoms with van der Waals surface area (Å²) in [6, 6.07) is 10.9. The third kappa shape index (κ3) is 5.40. The molecule has 0 amide bonds. The van der Waals surface area contributed by atoms with Gasteiger partial charge in [-0.2, -0.15) is 0 Å². The van der Waals surface area contributed by atoms with Crippen LogP contribution < -0.4 is 5.32 Å². The molecule has 0 bridgehead atoms. The van der Waals surface area contributed by atoms with Gasteiger partial charge in [-0.1, -0.05) is 28.1 Å². The van der Waals surface area contributed by atoms with Gasteiger partial charge in [0.2, 0.25) is 0 Å². The lowest BCUT2D eigenvalue weighted by molar-refractivity contribution is -0.140. The first-order valence-electron chi connectivity index (χ1n) is 9.51. The third-order valence-corrected chi connectivity index (χ3v) is 5.07. The molecule has 8 heteroatoms. The summed E-state index contributed by atoms with van der Waals surface area (Å²) in [5.74, 6) is 0.244. The lowest BCUT2D eigenvalue weighted by atomic mass is 10.0. The average molecular weight is 471 g/mol. The maximum atomic E-state index is 11.8. The van der Waals surface area contributed by atoms with Gasteiger partial charge in [0.15, 0.2) is 0 Å². The van der Waals surface area contributed by atoms with Crippen molar-refractivity contribution >= 4 is 39.1 Å². The number of aliphatic imine (C=N–C) groups is 2. The van der Waals surface area contributed by atoms with E-state index in [-0.39, 0.29) is 18.9 Å². The standard InChI is InChI=1S/C22H23BrN4O3/c1-3-15(28)13-25-22-19(9-10-20(29)30-2)26-21(18-6-4-5-11-24-18)16-12-14(23)7-8-17(16)27-22/h3-8,11-12,15,19,28H,1,9-10,13H2,2H3,(H,25,27)/t15?,19-/m0/s1. The summed E-state index contributed by atoms with van der Waals surface area (Å²) in [5.41, 5.74) is 2.94. The van der Waals surface area contributed by atoms with Crippen molar-refractivity contribution in [1.29, 1.82) is 0 Å². The maximum absolute atomic E-state index is 11.8. The molecule has 2 aromatic rings. The number of fused-ring (bicyclic) bond motifs is 1. The van der Waals surface area contributed by atoms with E-state index in [9.17, 15) is 9.90 Å². The van der Waals surface area contributed by atoms with E-state index in [1.165, 1.54) is 13.2 Å². The zero-order chi connectivity index (χ0) is 21.5. The van der Waals surface area contributed by atoms with E-state index in [4.69, 9.17) is 14.7 Å². The molecule has 1 aliphatic heterocycles. The first-order chi connectivity index (χ1) is 14.5. The third-order valence-electron chi connectivity index (χ3n) is 4.58. The van der Waals surface area contributed by atoms with Gasteiger partial charge in [0.25, 0.3) is 0 Å². The number of methoxy groups -OCH3 is 1. The number of aromatic nitrogens is 1. The highest BCUT2D eigenvalue weighted by molar-refractivity contribution is 9.10. The van der Waals surface area contributed by atoms with E-state index >= 15 is 0 Å². The molecule has 0 radical (unpaired) electrons. The van der Waals surface area contributed by atoms with Crippen LogP contribution in [0.3, 0.4) is 0 Å². The monoisotopic (exact) mass is 470 g/mol. The van der Waals surface area contributed by atoms with E-state index in [2.05, 4.69) is 32.8 Å².